The molecule has 0 aromatic heterocycles. The van der Waals surface area contributed by atoms with Crippen LogP contribution in [-0.2, 0) is 4.74 Å². The number of nitrogens with one attached hydrogen (secondary N) is 1. The molecule has 0 radical (unpaired) electrons. The van der Waals surface area contributed by atoms with Crippen molar-refractivity contribution in [3.8, 4) is 0 Å². The largest absolute Gasteiger partial charge is 0.444 e. The molecule has 100 valence electrons. The van der Waals surface area contributed by atoms with Crippen molar-refractivity contribution in [3.63, 3.8) is 0 Å². The van der Waals surface area contributed by atoms with Crippen molar-refractivity contribution in [2.45, 2.75) is 63.7 Å². The maximum atomic E-state index is 11.7. The molecule has 4 N–H and O–H groups in total. The molecule has 0 aliphatic heterocycles. The van der Waals surface area contributed by atoms with Crippen LogP contribution in [-0.4, -0.2) is 35.0 Å². The minimum absolute atomic E-state index is 0.416. The molecule has 0 unspecified atom stereocenters. The van der Waals surface area contributed by atoms with Gasteiger partial charge in [-0.15, -0.1) is 0 Å². The van der Waals surface area contributed by atoms with Crippen LogP contribution < -0.4 is 11.1 Å². The van der Waals surface area contributed by atoms with E-state index in [1.54, 1.807) is 0 Å². The first-order chi connectivity index (χ1) is 7.79. The van der Waals surface area contributed by atoms with Crippen LogP contribution in [0, 0.1) is 0 Å². The zero-order chi connectivity index (χ0) is 13.1. The van der Waals surface area contributed by atoms with Crippen molar-refractivity contribution in [2.75, 3.05) is 6.54 Å². The number of carbonyl (C=O) groups excluding carboxylic acids is 1. The SMILES string of the molecule is CC(C)(C)OC(=O)NC1([C@H](O)CCN)CCC1. The van der Waals surface area contributed by atoms with Crippen LogP contribution in [0.4, 0.5) is 4.79 Å². The highest BCUT2D eigenvalue weighted by atomic mass is 16.6. The average Bonchev–Trinajstić information content (AvgIpc) is 2.08. The van der Waals surface area contributed by atoms with Gasteiger partial charge in [0, 0.05) is 0 Å². The van der Waals surface area contributed by atoms with Gasteiger partial charge in [-0.1, -0.05) is 0 Å². The molecule has 1 aliphatic carbocycles. The zero-order valence-corrected chi connectivity index (χ0v) is 11.0. The smallest absolute Gasteiger partial charge is 0.408 e. The number of amides is 1. The van der Waals surface area contributed by atoms with Crippen molar-refractivity contribution < 1.29 is 14.6 Å². The Morgan fingerprint density at radius 1 is 1.53 bits per heavy atom. The second kappa shape index (κ2) is 5.23. The van der Waals surface area contributed by atoms with Gasteiger partial charge in [-0.25, -0.2) is 4.79 Å². The molecule has 0 heterocycles. The van der Waals surface area contributed by atoms with Gasteiger partial charge in [0.1, 0.15) is 5.60 Å². The number of hydrogen-bond donors (Lipinski definition) is 3. The Hall–Kier alpha value is -0.810. The van der Waals surface area contributed by atoms with Gasteiger partial charge in [-0.2, -0.15) is 0 Å². The van der Waals surface area contributed by atoms with Crippen molar-refractivity contribution in [2.24, 2.45) is 5.73 Å². The molecule has 5 heteroatoms. The van der Waals surface area contributed by atoms with Crippen LogP contribution >= 0.6 is 0 Å². The lowest BCUT2D eigenvalue weighted by atomic mass is 9.72. The Kier molecular flexibility index (Phi) is 4.38. The monoisotopic (exact) mass is 244 g/mol. The fourth-order valence-electron chi connectivity index (χ4n) is 2.04. The fraction of sp³-hybridized carbons (Fsp3) is 0.917. The fourth-order valence-corrected chi connectivity index (χ4v) is 2.04. The third kappa shape index (κ3) is 3.85. The van der Waals surface area contributed by atoms with Crippen LogP contribution in [0.2, 0.25) is 0 Å². The Bertz CT molecular complexity index is 269. The summed E-state index contributed by atoms with van der Waals surface area (Å²) in [6.07, 6.45) is 2.02. The third-order valence-corrected chi connectivity index (χ3v) is 3.07. The van der Waals surface area contributed by atoms with E-state index in [4.69, 9.17) is 10.5 Å². The molecule has 0 bridgehead atoms. The first kappa shape index (κ1) is 14.3. The molecule has 1 fully saturated rings. The van der Waals surface area contributed by atoms with Crippen LogP contribution in [0.1, 0.15) is 46.5 Å². The molecule has 1 saturated carbocycles. The molecule has 0 saturated heterocycles. The number of rotatable bonds is 4. The maximum Gasteiger partial charge on any atom is 0.408 e. The van der Waals surface area contributed by atoms with Crippen molar-refractivity contribution in [3.05, 3.63) is 0 Å². The van der Waals surface area contributed by atoms with Crippen molar-refractivity contribution >= 4 is 6.09 Å². The molecule has 1 rings (SSSR count). The molecular formula is C12H24N2O3. The predicted octanol–water partition coefficient (Wildman–Crippen LogP) is 1.14. The topological polar surface area (TPSA) is 84.6 Å². The molecule has 0 spiro atoms. The number of nitrogens with two attached hydrogens (primary N) is 1. The van der Waals surface area contributed by atoms with Crippen molar-refractivity contribution in [1.29, 1.82) is 0 Å². The van der Waals surface area contributed by atoms with Gasteiger partial charge in [-0.05, 0) is 53.0 Å². The summed E-state index contributed by atoms with van der Waals surface area (Å²) in [6, 6.07) is 0. The highest BCUT2D eigenvalue weighted by Crippen LogP contribution is 2.36. The standard InChI is InChI=1S/C12H24N2O3/c1-11(2,3)17-10(16)14-12(6-4-7-12)9(15)5-8-13/h9,15H,4-8,13H2,1-3H3,(H,14,16)/t9-/m1/s1. The Labute approximate surface area is 103 Å². The number of carbonyl (C=O) groups is 1. The lowest BCUT2D eigenvalue weighted by molar-refractivity contribution is -0.0115. The first-order valence-corrected chi connectivity index (χ1v) is 6.18. The summed E-state index contributed by atoms with van der Waals surface area (Å²) < 4.78 is 5.21. The molecule has 5 nitrogen and oxygen atoms in total. The summed E-state index contributed by atoms with van der Waals surface area (Å²) in [5.74, 6) is 0. The van der Waals surface area contributed by atoms with Crippen LogP contribution in [0.25, 0.3) is 0 Å². The molecular weight excluding hydrogens is 220 g/mol. The van der Waals surface area contributed by atoms with E-state index in [-0.39, 0.29) is 0 Å². The maximum absolute atomic E-state index is 11.7. The van der Waals surface area contributed by atoms with E-state index in [9.17, 15) is 9.90 Å². The minimum Gasteiger partial charge on any atom is -0.444 e. The summed E-state index contributed by atoms with van der Waals surface area (Å²) in [5.41, 5.74) is 4.39. The highest BCUT2D eigenvalue weighted by Gasteiger charge is 2.45. The Morgan fingerprint density at radius 2 is 2.12 bits per heavy atom. The molecule has 1 atom stereocenters. The van der Waals surface area contributed by atoms with E-state index in [2.05, 4.69) is 5.32 Å². The van der Waals surface area contributed by atoms with Gasteiger partial charge in [0.15, 0.2) is 0 Å². The average molecular weight is 244 g/mol. The Morgan fingerprint density at radius 3 is 2.47 bits per heavy atom. The van der Waals surface area contributed by atoms with E-state index >= 15 is 0 Å². The van der Waals surface area contributed by atoms with Gasteiger partial charge < -0.3 is 20.9 Å². The third-order valence-electron chi connectivity index (χ3n) is 3.07. The summed E-state index contributed by atoms with van der Waals surface area (Å²) >= 11 is 0. The number of alkyl carbamates (subject to hydrolysis) is 1. The summed E-state index contributed by atoms with van der Waals surface area (Å²) in [6.45, 7) is 5.86. The lowest BCUT2D eigenvalue weighted by Gasteiger charge is -2.46. The van der Waals surface area contributed by atoms with Gasteiger partial charge in [0.2, 0.25) is 0 Å². The lowest BCUT2D eigenvalue weighted by Crippen LogP contribution is -2.62. The molecule has 0 aromatic carbocycles. The summed E-state index contributed by atoms with van der Waals surface area (Å²) in [4.78, 5) is 11.7. The van der Waals surface area contributed by atoms with Gasteiger partial charge in [-0.3, -0.25) is 0 Å². The van der Waals surface area contributed by atoms with E-state index in [0.717, 1.165) is 19.3 Å². The normalized spacial score (nSPS) is 20.3. The number of aliphatic hydroxyl groups excluding tert-OH is 1. The number of hydrogen-bond acceptors (Lipinski definition) is 4. The molecule has 1 amide bonds. The quantitative estimate of drug-likeness (QED) is 0.692. The second-order valence-corrected chi connectivity index (χ2v) is 5.73. The summed E-state index contributed by atoms with van der Waals surface area (Å²) in [5, 5.41) is 12.8. The van der Waals surface area contributed by atoms with Crippen LogP contribution in [0.15, 0.2) is 0 Å². The van der Waals surface area contributed by atoms with Crippen LogP contribution in [0.5, 0.6) is 0 Å². The van der Waals surface area contributed by atoms with Gasteiger partial charge in [0.05, 0.1) is 11.6 Å². The number of ether oxygens (including phenoxy) is 1. The second-order valence-electron chi connectivity index (χ2n) is 5.73. The van der Waals surface area contributed by atoms with Gasteiger partial charge in [0.25, 0.3) is 0 Å². The molecule has 0 aromatic rings. The summed E-state index contributed by atoms with van der Waals surface area (Å²) in [7, 11) is 0. The minimum atomic E-state index is -0.589. The zero-order valence-electron chi connectivity index (χ0n) is 11.0. The molecule has 17 heavy (non-hydrogen) atoms. The highest BCUT2D eigenvalue weighted by molar-refractivity contribution is 5.69. The number of aliphatic hydroxyl groups is 1. The molecule has 1 aliphatic rings. The van der Waals surface area contributed by atoms with E-state index in [0.29, 0.717) is 13.0 Å². The van der Waals surface area contributed by atoms with Crippen LogP contribution in [0.3, 0.4) is 0 Å². The van der Waals surface area contributed by atoms with E-state index in [1.807, 2.05) is 20.8 Å². The first-order valence-electron chi connectivity index (χ1n) is 6.18. The van der Waals surface area contributed by atoms with E-state index in [1.165, 1.54) is 0 Å². The predicted molar refractivity (Wildman–Crippen MR) is 65.6 cm³/mol. The van der Waals surface area contributed by atoms with E-state index < -0.39 is 23.3 Å². The van der Waals surface area contributed by atoms with Gasteiger partial charge >= 0.3 is 6.09 Å². The van der Waals surface area contributed by atoms with Crippen molar-refractivity contribution in [1.82, 2.24) is 5.32 Å². The Balaban J connectivity index is 2.54.